The van der Waals surface area contributed by atoms with E-state index in [1.807, 2.05) is 44.2 Å². The van der Waals surface area contributed by atoms with Crippen LogP contribution < -0.4 is 10.6 Å². The van der Waals surface area contributed by atoms with Crippen molar-refractivity contribution < 1.29 is 14.4 Å². The SMILES string of the molecule is CCc1ccccc1NC(=O)c1ccc(C)c(NC(=O)C2CCN(C(C)=O)CC2)c1. The number of carbonyl (C=O) groups excluding carboxylic acids is 3. The fourth-order valence-corrected chi connectivity index (χ4v) is 3.73. The van der Waals surface area contributed by atoms with E-state index in [1.165, 1.54) is 0 Å². The van der Waals surface area contributed by atoms with E-state index < -0.39 is 0 Å². The zero-order valence-electron chi connectivity index (χ0n) is 17.8. The minimum atomic E-state index is -0.207. The number of hydrogen-bond acceptors (Lipinski definition) is 3. The number of benzene rings is 2. The van der Waals surface area contributed by atoms with Crippen LogP contribution in [-0.4, -0.2) is 35.7 Å². The first kappa shape index (κ1) is 21.6. The van der Waals surface area contributed by atoms with Gasteiger partial charge in [-0.05, 0) is 55.5 Å². The van der Waals surface area contributed by atoms with Gasteiger partial charge in [-0.25, -0.2) is 0 Å². The molecule has 6 nitrogen and oxygen atoms in total. The molecule has 0 aromatic heterocycles. The third kappa shape index (κ3) is 5.06. The molecular weight excluding hydrogens is 378 g/mol. The van der Waals surface area contributed by atoms with E-state index in [1.54, 1.807) is 24.0 Å². The molecule has 1 aliphatic heterocycles. The van der Waals surface area contributed by atoms with Crippen LogP contribution in [0.4, 0.5) is 11.4 Å². The Hall–Kier alpha value is -3.15. The number of nitrogens with zero attached hydrogens (tertiary/aromatic N) is 1. The summed E-state index contributed by atoms with van der Waals surface area (Å²) in [7, 11) is 0. The van der Waals surface area contributed by atoms with Crippen molar-refractivity contribution in [3.8, 4) is 0 Å². The van der Waals surface area contributed by atoms with Gasteiger partial charge in [0.05, 0.1) is 0 Å². The predicted molar refractivity (Wildman–Crippen MR) is 119 cm³/mol. The number of anilines is 2. The number of nitrogens with one attached hydrogen (secondary N) is 2. The molecule has 158 valence electrons. The van der Waals surface area contributed by atoms with Gasteiger partial charge >= 0.3 is 0 Å². The molecule has 0 atom stereocenters. The number of amides is 3. The molecular formula is C24H29N3O3. The molecule has 1 saturated heterocycles. The standard InChI is InChI=1S/C24H29N3O3/c1-4-18-7-5-6-8-21(18)25-24(30)20-10-9-16(2)22(15-20)26-23(29)19-11-13-27(14-12-19)17(3)28/h5-10,15,19H,4,11-14H2,1-3H3,(H,25,30)(H,26,29). The molecule has 0 unspecified atom stereocenters. The number of likely N-dealkylation sites (tertiary alicyclic amines) is 1. The first-order valence-electron chi connectivity index (χ1n) is 10.4. The van der Waals surface area contributed by atoms with E-state index >= 15 is 0 Å². The van der Waals surface area contributed by atoms with Crippen LogP contribution in [0.15, 0.2) is 42.5 Å². The lowest BCUT2D eigenvalue weighted by molar-refractivity contribution is -0.132. The van der Waals surface area contributed by atoms with Crippen LogP contribution in [0.2, 0.25) is 0 Å². The lowest BCUT2D eigenvalue weighted by Crippen LogP contribution is -2.40. The predicted octanol–water partition coefficient (Wildman–Crippen LogP) is 4.01. The van der Waals surface area contributed by atoms with Crippen molar-refractivity contribution in [3.05, 3.63) is 59.2 Å². The molecule has 0 spiro atoms. The maximum absolute atomic E-state index is 12.8. The van der Waals surface area contributed by atoms with Gasteiger partial charge < -0.3 is 15.5 Å². The summed E-state index contributed by atoms with van der Waals surface area (Å²) in [5, 5.41) is 5.95. The number of para-hydroxylation sites is 1. The van der Waals surface area contributed by atoms with Crippen LogP contribution in [0.1, 0.15) is 48.2 Å². The second kappa shape index (κ2) is 9.57. The highest BCUT2D eigenvalue weighted by atomic mass is 16.2. The first-order valence-corrected chi connectivity index (χ1v) is 10.4. The van der Waals surface area contributed by atoms with Crippen molar-refractivity contribution in [2.24, 2.45) is 5.92 Å². The summed E-state index contributed by atoms with van der Waals surface area (Å²) in [5.74, 6) is -0.349. The average molecular weight is 408 g/mol. The Morgan fingerprint density at radius 2 is 1.70 bits per heavy atom. The van der Waals surface area contributed by atoms with Gasteiger partial charge in [0.25, 0.3) is 5.91 Å². The molecule has 0 radical (unpaired) electrons. The van der Waals surface area contributed by atoms with Gasteiger partial charge in [-0.3, -0.25) is 14.4 Å². The fourth-order valence-electron chi connectivity index (χ4n) is 3.73. The summed E-state index contributed by atoms with van der Waals surface area (Å²) in [6.45, 7) is 6.71. The summed E-state index contributed by atoms with van der Waals surface area (Å²) in [5.41, 5.74) is 3.91. The van der Waals surface area contributed by atoms with Gasteiger partial charge in [0.2, 0.25) is 11.8 Å². The van der Waals surface area contributed by atoms with Gasteiger partial charge in [0, 0.05) is 42.9 Å². The smallest absolute Gasteiger partial charge is 0.255 e. The van der Waals surface area contributed by atoms with E-state index in [-0.39, 0.29) is 23.6 Å². The summed E-state index contributed by atoms with van der Waals surface area (Å²) in [6.07, 6.45) is 2.13. The van der Waals surface area contributed by atoms with E-state index in [4.69, 9.17) is 0 Å². The van der Waals surface area contributed by atoms with E-state index in [9.17, 15) is 14.4 Å². The molecule has 0 aliphatic carbocycles. The minimum Gasteiger partial charge on any atom is -0.343 e. The average Bonchev–Trinajstić information content (AvgIpc) is 2.75. The summed E-state index contributed by atoms with van der Waals surface area (Å²) >= 11 is 0. The Morgan fingerprint density at radius 3 is 2.37 bits per heavy atom. The van der Waals surface area contributed by atoms with Crippen LogP contribution in [0, 0.1) is 12.8 Å². The maximum Gasteiger partial charge on any atom is 0.255 e. The van der Waals surface area contributed by atoms with Crippen molar-refractivity contribution in [2.45, 2.75) is 40.0 Å². The Balaban J connectivity index is 1.68. The van der Waals surface area contributed by atoms with Crippen molar-refractivity contribution in [1.29, 1.82) is 0 Å². The van der Waals surface area contributed by atoms with Gasteiger partial charge in [-0.2, -0.15) is 0 Å². The summed E-state index contributed by atoms with van der Waals surface area (Å²) < 4.78 is 0. The molecule has 30 heavy (non-hydrogen) atoms. The zero-order chi connectivity index (χ0) is 21.7. The van der Waals surface area contributed by atoms with Crippen LogP contribution in [0.25, 0.3) is 0 Å². The molecule has 0 bridgehead atoms. The fraction of sp³-hybridized carbons (Fsp3) is 0.375. The van der Waals surface area contributed by atoms with E-state index in [0.29, 0.717) is 37.2 Å². The van der Waals surface area contributed by atoms with Crippen LogP contribution >= 0.6 is 0 Å². The van der Waals surface area contributed by atoms with Gasteiger partial charge in [-0.15, -0.1) is 0 Å². The van der Waals surface area contributed by atoms with Crippen LogP contribution in [0.3, 0.4) is 0 Å². The number of aryl methyl sites for hydroxylation is 2. The molecule has 1 heterocycles. The van der Waals surface area contributed by atoms with Gasteiger partial charge in [-0.1, -0.05) is 31.2 Å². The van der Waals surface area contributed by atoms with Crippen molar-refractivity contribution in [3.63, 3.8) is 0 Å². The van der Waals surface area contributed by atoms with Gasteiger partial charge in [0.1, 0.15) is 0 Å². The molecule has 0 saturated carbocycles. The highest BCUT2D eigenvalue weighted by Gasteiger charge is 2.26. The van der Waals surface area contributed by atoms with Crippen LogP contribution in [0.5, 0.6) is 0 Å². The monoisotopic (exact) mass is 407 g/mol. The Bertz CT molecular complexity index is 946. The third-order valence-corrected chi connectivity index (χ3v) is 5.72. The normalized spacial score (nSPS) is 14.3. The number of carbonyl (C=O) groups is 3. The molecule has 3 rings (SSSR count). The molecule has 6 heteroatoms. The van der Waals surface area contributed by atoms with Crippen LogP contribution in [-0.2, 0) is 16.0 Å². The second-order valence-corrected chi connectivity index (χ2v) is 7.76. The Morgan fingerprint density at radius 1 is 1.00 bits per heavy atom. The largest absolute Gasteiger partial charge is 0.343 e. The molecule has 3 amide bonds. The highest BCUT2D eigenvalue weighted by Crippen LogP contribution is 2.23. The number of rotatable bonds is 5. The Kier molecular flexibility index (Phi) is 6.87. The van der Waals surface area contributed by atoms with Crippen molar-refractivity contribution in [1.82, 2.24) is 4.90 Å². The second-order valence-electron chi connectivity index (χ2n) is 7.76. The molecule has 2 aromatic carbocycles. The van der Waals surface area contributed by atoms with E-state index in [2.05, 4.69) is 10.6 Å². The quantitative estimate of drug-likeness (QED) is 0.786. The third-order valence-electron chi connectivity index (χ3n) is 5.72. The lowest BCUT2D eigenvalue weighted by atomic mass is 9.95. The first-order chi connectivity index (χ1) is 14.4. The lowest BCUT2D eigenvalue weighted by Gasteiger charge is -2.30. The summed E-state index contributed by atoms with van der Waals surface area (Å²) in [4.78, 5) is 38.8. The number of hydrogen-bond donors (Lipinski definition) is 2. The van der Waals surface area contributed by atoms with Gasteiger partial charge in [0.15, 0.2) is 0 Å². The molecule has 2 N–H and O–H groups in total. The Labute approximate surface area is 177 Å². The molecule has 1 aliphatic rings. The zero-order valence-corrected chi connectivity index (χ0v) is 17.8. The summed E-state index contributed by atoms with van der Waals surface area (Å²) in [6, 6.07) is 13.1. The van der Waals surface area contributed by atoms with Crippen molar-refractivity contribution >= 4 is 29.1 Å². The maximum atomic E-state index is 12.8. The number of piperidine rings is 1. The topological polar surface area (TPSA) is 78.5 Å². The molecule has 1 fully saturated rings. The molecule has 2 aromatic rings. The minimum absolute atomic E-state index is 0.0491. The highest BCUT2D eigenvalue weighted by molar-refractivity contribution is 6.06. The van der Waals surface area contributed by atoms with E-state index in [0.717, 1.165) is 23.2 Å². The van der Waals surface area contributed by atoms with Crippen molar-refractivity contribution in [2.75, 3.05) is 23.7 Å².